The Morgan fingerprint density at radius 1 is 1.33 bits per heavy atom. The van der Waals surface area contributed by atoms with Crippen molar-refractivity contribution in [3.05, 3.63) is 47.4 Å². The quantitative estimate of drug-likeness (QED) is 0.915. The predicted molar refractivity (Wildman–Crippen MR) is 87.0 cm³/mol. The molecule has 0 spiro atoms. The van der Waals surface area contributed by atoms with Crippen LogP contribution in [0.4, 0.5) is 4.39 Å². The second kappa shape index (κ2) is 6.00. The Balaban J connectivity index is 1.59. The third-order valence-corrected chi connectivity index (χ3v) is 4.32. The van der Waals surface area contributed by atoms with Crippen LogP contribution >= 0.6 is 0 Å². The molecule has 0 radical (unpaired) electrons. The highest BCUT2D eigenvalue weighted by molar-refractivity contribution is 5.91. The zero-order valence-electron chi connectivity index (χ0n) is 14.2. The molecule has 3 rings (SSSR count). The maximum absolute atomic E-state index is 14.0. The van der Waals surface area contributed by atoms with Gasteiger partial charge < -0.3 is 9.84 Å². The van der Waals surface area contributed by atoms with Crippen molar-refractivity contribution in [2.75, 3.05) is 6.54 Å². The largest absolute Gasteiger partial charge is 0.355 e. The number of rotatable bonds is 5. The number of nitrogens with one attached hydrogen (secondary N) is 1. The minimum absolute atomic E-state index is 0.132. The van der Waals surface area contributed by atoms with Crippen LogP contribution in [0.5, 0.6) is 0 Å². The lowest BCUT2D eigenvalue weighted by molar-refractivity contribution is -0.123. The van der Waals surface area contributed by atoms with Gasteiger partial charge in [0.2, 0.25) is 11.8 Å². The second-order valence-corrected chi connectivity index (χ2v) is 7.33. The summed E-state index contributed by atoms with van der Waals surface area (Å²) in [5.41, 5.74) is -0.423. The van der Waals surface area contributed by atoms with E-state index in [1.54, 1.807) is 18.2 Å². The van der Waals surface area contributed by atoms with Crippen LogP contribution in [0.15, 0.2) is 28.8 Å². The monoisotopic (exact) mass is 331 g/mol. The number of hydrogen-bond acceptors (Lipinski definition) is 4. The first-order valence-electron chi connectivity index (χ1n) is 8.19. The van der Waals surface area contributed by atoms with Crippen molar-refractivity contribution in [2.24, 2.45) is 0 Å². The fourth-order valence-corrected chi connectivity index (χ4v) is 2.71. The average molecular weight is 331 g/mol. The topological polar surface area (TPSA) is 68.0 Å². The van der Waals surface area contributed by atoms with E-state index in [4.69, 9.17) is 4.52 Å². The van der Waals surface area contributed by atoms with E-state index >= 15 is 0 Å². The van der Waals surface area contributed by atoms with Gasteiger partial charge in [0.15, 0.2) is 5.82 Å². The average Bonchev–Trinajstić information content (AvgIpc) is 3.18. The molecule has 1 fully saturated rings. The van der Waals surface area contributed by atoms with Gasteiger partial charge in [0.05, 0.1) is 5.41 Å². The highest BCUT2D eigenvalue weighted by Crippen LogP contribution is 2.49. The number of amides is 1. The van der Waals surface area contributed by atoms with Gasteiger partial charge in [0.1, 0.15) is 5.82 Å². The van der Waals surface area contributed by atoms with Gasteiger partial charge in [-0.05, 0) is 18.9 Å². The van der Waals surface area contributed by atoms with Crippen LogP contribution in [0, 0.1) is 5.82 Å². The zero-order chi connectivity index (χ0) is 17.4. The minimum Gasteiger partial charge on any atom is -0.355 e. The molecular formula is C18H22FN3O2. The summed E-state index contributed by atoms with van der Waals surface area (Å²) in [6, 6.07) is 6.49. The SMILES string of the molecule is CC(C)(C)c1nc(CCNC(=O)C2(c3ccccc3F)CC2)no1. The zero-order valence-corrected chi connectivity index (χ0v) is 14.2. The minimum atomic E-state index is -0.709. The van der Waals surface area contributed by atoms with Crippen LogP contribution in [-0.4, -0.2) is 22.6 Å². The van der Waals surface area contributed by atoms with Gasteiger partial charge in [-0.25, -0.2) is 4.39 Å². The summed E-state index contributed by atoms with van der Waals surface area (Å²) in [4.78, 5) is 16.8. The molecule has 0 saturated heterocycles. The van der Waals surface area contributed by atoms with E-state index in [9.17, 15) is 9.18 Å². The van der Waals surface area contributed by atoms with Crippen molar-refractivity contribution in [3.8, 4) is 0 Å². The number of carbonyl (C=O) groups excluding carboxylic acids is 1. The molecule has 1 aromatic carbocycles. The van der Waals surface area contributed by atoms with Crippen molar-refractivity contribution in [2.45, 2.75) is 50.9 Å². The normalized spacial score (nSPS) is 16.0. The van der Waals surface area contributed by atoms with Crippen molar-refractivity contribution in [3.63, 3.8) is 0 Å². The predicted octanol–water partition coefficient (Wildman–Crippen LogP) is 2.90. The molecule has 2 aromatic rings. The van der Waals surface area contributed by atoms with Gasteiger partial charge in [-0.2, -0.15) is 4.98 Å². The molecule has 1 heterocycles. The lowest BCUT2D eigenvalue weighted by atomic mass is 9.94. The molecule has 0 bridgehead atoms. The Hall–Kier alpha value is -2.24. The lowest BCUT2D eigenvalue weighted by Crippen LogP contribution is -2.36. The van der Waals surface area contributed by atoms with E-state index in [2.05, 4.69) is 15.5 Å². The third-order valence-electron chi connectivity index (χ3n) is 4.32. The van der Waals surface area contributed by atoms with Gasteiger partial charge in [-0.1, -0.05) is 44.1 Å². The fraction of sp³-hybridized carbons (Fsp3) is 0.500. The third kappa shape index (κ3) is 3.18. The second-order valence-electron chi connectivity index (χ2n) is 7.33. The van der Waals surface area contributed by atoms with Crippen LogP contribution in [0.3, 0.4) is 0 Å². The van der Waals surface area contributed by atoms with Crippen LogP contribution in [0.2, 0.25) is 0 Å². The van der Waals surface area contributed by atoms with E-state index < -0.39 is 5.41 Å². The summed E-state index contributed by atoms with van der Waals surface area (Å²) >= 11 is 0. The molecule has 24 heavy (non-hydrogen) atoms. The first-order valence-corrected chi connectivity index (χ1v) is 8.19. The molecule has 128 valence electrons. The number of carbonyl (C=O) groups is 1. The van der Waals surface area contributed by atoms with Crippen LogP contribution in [0.1, 0.15) is 50.9 Å². The molecule has 1 N–H and O–H groups in total. The Labute approximate surface area is 140 Å². The van der Waals surface area contributed by atoms with Gasteiger partial charge in [-0.3, -0.25) is 4.79 Å². The first kappa shape index (κ1) is 16.6. The maximum atomic E-state index is 14.0. The lowest BCUT2D eigenvalue weighted by Gasteiger charge is -2.16. The van der Waals surface area contributed by atoms with Crippen LogP contribution in [0.25, 0.3) is 0 Å². The van der Waals surface area contributed by atoms with Crippen molar-refractivity contribution >= 4 is 5.91 Å². The van der Waals surface area contributed by atoms with Crippen molar-refractivity contribution < 1.29 is 13.7 Å². The van der Waals surface area contributed by atoms with Crippen molar-refractivity contribution in [1.29, 1.82) is 0 Å². The van der Waals surface area contributed by atoms with E-state index in [0.717, 1.165) is 0 Å². The molecule has 1 aromatic heterocycles. The highest BCUT2D eigenvalue weighted by atomic mass is 19.1. The van der Waals surface area contributed by atoms with Gasteiger partial charge in [-0.15, -0.1) is 0 Å². The molecule has 0 atom stereocenters. The molecule has 1 aliphatic carbocycles. The number of hydrogen-bond donors (Lipinski definition) is 1. The molecule has 6 heteroatoms. The number of nitrogens with zero attached hydrogens (tertiary/aromatic N) is 2. The number of benzene rings is 1. The molecule has 1 aliphatic rings. The van der Waals surface area contributed by atoms with Gasteiger partial charge in [0.25, 0.3) is 0 Å². The summed E-state index contributed by atoms with van der Waals surface area (Å²) in [5, 5.41) is 6.81. The van der Waals surface area contributed by atoms with E-state index in [1.165, 1.54) is 6.07 Å². The standard InChI is InChI=1S/C18H22FN3O2/c1-17(2,3)16-21-14(22-24-16)8-11-20-15(23)18(9-10-18)12-6-4-5-7-13(12)19/h4-7H,8-11H2,1-3H3,(H,20,23). The maximum Gasteiger partial charge on any atom is 0.232 e. The van der Waals surface area contributed by atoms with E-state index in [0.29, 0.717) is 43.1 Å². The molecule has 1 amide bonds. The van der Waals surface area contributed by atoms with Crippen LogP contribution < -0.4 is 5.32 Å². The van der Waals surface area contributed by atoms with Crippen LogP contribution in [-0.2, 0) is 22.0 Å². The van der Waals surface area contributed by atoms with Gasteiger partial charge in [0, 0.05) is 23.9 Å². The summed E-state index contributed by atoms with van der Waals surface area (Å²) in [6.07, 6.45) is 1.84. The molecule has 0 aliphatic heterocycles. The first-order chi connectivity index (χ1) is 11.3. The van der Waals surface area contributed by atoms with E-state index in [-0.39, 0.29) is 17.1 Å². The number of aromatic nitrogens is 2. The summed E-state index contributed by atoms with van der Waals surface area (Å²) < 4.78 is 19.2. The van der Waals surface area contributed by atoms with Gasteiger partial charge >= 0.3 is 0 Å². The summed E-state index contributed by atoms with van der Waals surface area (Å²) in [5.74, 6) is 0.690. The smallest absolute Gasteiger partial charge is 0.232 e. The summed E-state index contributed by atoms with van der Waals surface area (Å²) in [6.45, 7) is 6.39. The fourth-order valence-electron chi connectivity index (χ4n) is 2.71. The van der Waals surface area contributed by atoms with E-state index in [1.807, 2.05) is 20.8 Å². The Morgan fingerprint density at radius 3 is 2.62 bits per heavy atom. The summed E-state index contributed by atoms with van der Waals surface area (Å²) in [7, 11) is 0. The van der Waals surface area contributed by atoms with Crippen molar-refractivity contribution in [1.82, 2.24) is 15.5 Å². The molecule has 5 nitrogen and oxygen atoms in total. The molecular weight excluding hydrogens is 309 g/mol. The number of halogens is 1. The Kier molecular flexibility index (Phi) is 4.15. The Bertz CT molecular complexity index is 745. The Morgan fingerprint density at radius 2 is 2.04 bits per heavy atom. The molecule has 0 unspecified atom stereocenters. The molecule has 1 saturated carbocycles. The highest BCUT2D eigenvalue weighted by Gasteiger charge is 2.52.